The molecule has 0 bridgehead atoms. The topological polar surface area (TPSA) is 38.1 Å². The summed E-state index contributed by atoms with van der Waals surface area (Å²) in [6, 6.07) is 3.37. The first-order valence-electron chi connectivity index (χ1n) is 9.91. The average molecular weight is 400 g/mol. The predicted molar refractivity (Wildman–Crippen MR) is 116 cm³/mol. The van der Waals surface area contributed by atoms with E-state index in [-0.39, 0.29) is 10.5 Å². The van der Waals surface area contributed by atoms with Gasteiger partial charge >= 0.3 is 0 Å². The van der Waals surface area contributed by atoms with Gasteiger partial charge in [0.15, 0.2) is 8.32 Å². The highest BCUT2D eigenvalue weighted by Gasteiger charge is 2.39. The smallest absolute Gasteiger partial charge is 0.276 e. The molecule has 4 nitrogen and oxygen atoms in total. The van der Waals surface area contributed by atoms with E-state index in [2.05, 4.69) is 83.2 Å². The Kier molecular flexibility index (Phi) is 7.91. The molecule has 1 aromatic rings. The van der Waals surface area contributed by atoms with Crippen LogP contribution in [0.4, 0.5) is 0 Å². The van der Waals surface area contributed by atoms with E-state index in [1.54, 1.807) is 0 Å². The zero-order chi connectivity index (χ0) is 20.2. The summed E-state index contributed by atoms with van der Waals surface area (Å²) in [5, 5.41) is 3.54. The van der Waals surface area contributed by atoms with Crippen LogP contribution in [0, 0.1) is 5.41 Å². The van der Waals surface area contributed by atoms with Crippen molar-refractivity contribution >= 4 is 16.4 Å². The van der Waals surface area contributed by atoms with E-state index >= 15 is 0 Å². The monoisotopic (exact) mass is 399 g/mol. The molecule has 0 saturated heterocycles. The Bertz CT molecular complexity index is 555. The molecule has 26 heavy (non-hydrogen) atoms. The molecule has 0 fully saturated rings. The van der Waals surface area contributed by atoms with Gasteiger partial charge < -0.3 is 9.16 Å². The number of aromatic amines is 1. The minimum absolute atomic E-state index is 0.0950. The molecular formula is C20H43N2O2Si2+. The number of ether oxygens (including phenoxy) is 1. The van der Waals surface area contributed by atoms with E-state index in [9.17, 15) is 0 Å². The highest BCUT2D eigenvalue weighted by Crippen LogP contribution is 2.37. The zero-order valence-electron chi connectivity index (χ0n) is 19.0. The van der Waals surface area contributed by atoms with Gasteiger partial charge in [0.05, 0.1) is 12.8 Å². The number of nitrogens with zero attached hydrogens (tertiary/aromatic N) is 1. The second kappa shape index (κ2) is 8.71. The Labute approximate surface area is 163 Å². The van der Waals surface area contributed by atoms with E-state index in [1.807, 2.05) is 6.20 Å². The predicted octanol–water partition coefficient (Wildman–Crippen LogP) is 5.21. The van der Waals surface area contributed by atoms with Crippen LogP contribution < -0.4 is 4.68 Å². The minimum atomic E-state index is -1.71. The molecule has 0 aliphatic heterocycles. The Balaban J connectivity index is 2.59. The molecule has 6 heteroatoms. The summed E-state index contributed by atoms with van der Waals surface area (Å²) in [5.74, 6) is 0. The average Bonchev–Trinajstić information content (AvgIpc) is 2.86. The Hall–Kier alpha value is -0.436. The fourth-order valence-electron chi connectivity index (χ4n) is 2.34. The summed E-state index contributed by atoms with van der Waals surface area (Å²) in [6.07, 6.45) is 2.98. The lowest BCUT2D eigenvalue weighted by atomic mass is 9.89. The summed E-state index contributed by atoms with van der Waals surface area (Å²) in [5.41, 5.74) is 1.37. The third kappa shape index (κ3) is 8.07. The third-order valence-electron chi connectivity index (χ3n) is 5.36. The lowest BCUT2D eigenvalue weighted by Crippen LogP contribution is -2.45. The molecule has 1 N–H and O–H groups in total. The van der Waals surface area contributed by atoms with Crippen molar-refractivity contribution in [2.75, 3.05) is 13.2 Å². The third-order valence-corrected chi connectivity index (χ3v) is 11.5. The van der Waals surface area contributed by atoms with Crippen molar-refractivity contribution in [1.82, 2.24) is 5.10 Å². The van der Waals surface area contributed by atoms with Crippen molar-refractivity contribution in [2.45, 2.75) is 91.6 Å². The van der Waals surface area contributed by atoms with Crippen LogP contribution in [0.2, 0.25) is 43.8 Å². The van der Waals surface area contributed by atoms with Crippen LogP contribution in [-0.4, -0.2) is 34.7 Å². The van der Waals surface area contributed by atoms with Crippen LogP contribution in [0.25, 0.3) is 0 Å². The molecule has 0 aromatic carbocycles. The van der Waals surface area contributed by atoms with Gasteiger partial charge in [-0.3, -0.25) is 0 Å². The van der Waals surface area contributed by atoms with Crippen molar-refractivity contribution in [2.24, 2.45) is 5.41 Å². The minimum Gasteiger partial charge on any atom is -0.416 e. The molecule has 0 aliphatic carbocycles. The molecule has 0 unspecified atom stereocenters. The molecule has 152 valence electrons. The second-order valence-corrected chi connectivity index (χ2v) is 21.6. The Morgan fingerprint density at radius 3 is 2.19 bits per heavy atom. The molecule has 0 amide bonds. The zero-order valence-corrected chi connectivity index (χ0v) is 21.0. The summed E-state index contributed by atoms with van der Waals surface area (Å²) in [4.78, 5) is 0. The van der Waals surface area contributed by atoms with Gasteiger partial charge in [-0.15, -0.1) is 0 Å². The van der Waals surface area contributed by atoms with Gasteiger partial charge in [0.2, 0.25) is 5.69 Å². The van der Waals surface area contributed by atoms with Crippen LogP contribution in [0.3, 0.4) is 0 Å². The SMILES string of the molecule is CC(C)(CO[Si](C)(C)C(C)(C)C)Cc1cc[nH][n+]1COCC[Si](C)(C)C. The maximum absolute atomic E-state index is 6.48. The largest absolute Gasteiger partial charge is 0.416 e. The molecule has 1 rings (SSSR count). The van der Waals surface area contributed by atoms with Gasteiger partial charge in [-0.1, -0.05) is 58.9 Å². The van der Waals surface area contributed by atoms with Crippen LogP contribution in [-0.2, 0) is 22.3 Å². The normalized spacial score (nSPS) is 14.1. The van der Waals surface area contributed by atoms with Crippen molar-refractivity contribution < 1.29 is 13.8 Å². The van der Waals surface area contributed by atoms with Crippen molar-refractivity contribution in [1.29, 1.82) is 0 Å². The maximum atomic E-state index is 6.48. The Morgan fingerprint density at radius 2 is 1.65 bits per heavy atom. The van der Waals surface area contributed by atoms with Crippen LogP contribution in [0.15, 0.2) is 12.3 Å². The quantitative estimate of drug-likeness (QED) is 0.333. The molecular weight excluding hydrogens is 356 g/mol. The molecule has 0 atom stereocenters. The van der Waals surface area contributed by atoms with Crippen LogP contribution in [0.1, 0.15) is 40.3 Å². The first-order valence-corrected chi connectivity index (χ1v) is 16.5. The summed E-state index contributed by atoms with van der Waals surface area (Å²) in [6.45, 7) is 25.5. The fourth-order valence-corrected chi connectivity index (χ4v) is 4.28. The molecule has 1 heterocycles. The number of rotatable bonds is 10. The molecule has 0 spiro atoms. The van der Waals surface area contributed by atoms with Gasteiger partial charge in [0, 0.05) is 27.2 Å². The van der Waals surface area contributed by atoms with Gasteiger partial charge in [0.1, 0.15) is 0 Å². The number of H-pyrrole nitrogens is 1. The maximum Gasteiger partial charge on any atom is 0.276 e. The van der Waals surface area contributed by atoms with Crippen molar-refractivity contribution in [3.05, 3.63) is 18.0 Å². The molecule has 1 aromatic heterocycles. The lowest BCUT2D eigenvalue weighted by molar-refractivity contribution is -0.787. The van der Waals surface area contributed by atoms with Gasteiger partial charge in [-0.2, -0.15) is 5.10 Å². The van der Waals surface area contributed by atoms with E-state index in [0.29, 0.717) is 6.73 Å². The van der Waals surface area contributed by atoms with E-state index < -0.39 is 16.4 Å². The van der Waals surface area contributed by atoms with Gasteiger partial charge in [-0.05, 0) is 29.6 Å². The van der Waals surface area contributed by atoms with Crippen LogP contribution in [0.5, 0.6) is 0 Å². The summed E-state index contributed by atoms with van der Waals surface area (Å²) < 4.78 is 14.5. The van der Waals surface area contributed by atoms with Gasteiger partial charge in [0.25, 0.3) is 6.73 Å². The van der Waals surface area contributed by atoms with E-state index in [0.717, 1.165) is 19.6 Å². The molecule has 0 saturated carbocycles. The number of nitrogens with one attached hydrogen (secondary N) is 1. The summed E-state index contributed by atoms with van der Waals surface area (Å²) in [7, 11) is -2.74. The number of aromatic nitrogens is 2. The highest BCUT2D eigenvalue weighted by molar-refractivity contribution is 6.76. The van der Waals surface area contributed by atoms with Crippen molar-refractivity contribution in [3.8, 4) is 0 Å². The fraction of sp³-hybridized carbons (Fsp3) is 0.850. The second-order valence-electron chi connectivity index (χ2n) is 11.1. The Morgan fingerprint density at radius 1 is 1.04 bits per heavy atom. The highest BCUT2D eigenvalue weighted by atomic mass is 28.4. The van der Waals surface area contributed by atoms with Gasteiger partial charge in [-0.25, -0.2) is 0 Å². The number of hydrogen-bond donors (Lipinski definition) is 1. The first kappa shape index (κ1) is 23.6. The van der Waals surface area contributed by atoms with E-state index in [4.69, 9.17) is 9.16 Å². The van der Waals surface area contributed by atoms with E-state index in [1.165, 1.54) is 11.7 Å². The summed E-state index contributed by atoms with van der Waals surface area (Å²) >= 11 is 0. The van der Waals surface area contributed by atoms with Crippen LogP contribution >= 0.6 is 0 Å². The number of hydrogen-bond acceptors (Lipinski definition) is 2. The molecule has 0 radical (unpaired) electrons. The lowest BCUT2D eigenvalue weighted by Gasteiger charge is -2.38. The standard InChI is InChI=1S/C20H42N2O2Si2/c1-19(2,3)26(9,10)24-16-20(4,5)15-18-11-12-21-22(18)17-23-13-14-25(6,7)8/h11-12H,13-17H2,1-10H3/p+1. The van der Waals surface area contributed by atoms with Crippen molar-refractivity contribution in [3.63, 3.8) is 0 Å². The first-order chi connectivity index (χ1) is 11.6. The molecule has 0 aliphatic rings.